The number of aryl methyl sites for hydroxylation is 1. The molecule has 1 aromatic rings. The van der Waals surface area contributed by atoms with Crippen molar-refractivity contribution in [3.8, 4) is 0 Å². The predicted molar refractivity (Wildman–Crippen MR) is 66.7 cm³/mol. The summed E-state index contributed by atoms with van der Waals surface area (Å²) in [6, 6.07) is 0. The van der Waals surface area contributed by atoms with Crippen molar-refractivity contribution in [2.75, 3.05) is 6.54 Å². The third kappa shape index (κ3) is 3.01. The van der Waals surface area contributed by atoms with Gasteiger partial charge < -0.3 is 9.73 Å². The van der Waals surface area contributed by atoms with Gasteiger partial charge in [0, 0.05) is 5.25 Å². The zero-order valence-corrected chi connectivity index (χ0v) is 10.5. The van der Waals surface area contributed by atoms with Gasteiger partial charge in [-0.3, -0.25) is 4.99 Å². The number of hydrogen-bond acceptors (Lipinski definition) is 5. The molecule has 0 fully saturated rings. The first-order valence-corrected chi connectivity index (χ1v) is 6.52. The summed E-state index contributed by atoms with van der Waals surface area (Å²) in [5.74, 6) is 1.57. The van der Waals surface area contributed by atoms with E-state index in [1.165, 1.54) is 12.8 Å². The summed E-state index contributed by atoms with van der Waals surface area (Å²) in [6.45, 7) is 5.67. The fourth-order valence-electron chi connectivity index (χ4n) is 1.62. The molecule has 0 spiro atoms. The van der Waals surface area contributed by atoms with E-state index in [2.05, 4.69) is 22.2 Å². The second kappa shape index (κ2) is 5.39. The molecule has 0 amide bonds. The normalized spacial score (nSPS) is 19.9. The second-order valence-corrected chi connectivity index (χ2v) is 5.18. The van der Waals surface area contributed by atoms with Gasteiger partial charge >= 0.3 is 0 Å². The highest BCUT2D eigenvalue weighted by Gasteiger charge is 2.18. The number of thioether (sulfide) groups is 1. The Labute approximate surface area is 99.9 Å². The fourth-order valence-corrected chi connectivity index (χ4v) is 2.74. The van der Waals surface area contributed by atoms with Crippen molar-refractivity contribution in [2.24, 2.45) is 4.99 Å². The van der Waals surface area contributed by atoms with Crippen LogP contribution in [0.1, 0.15) is 31.4 Å². The molecule has 0 aliphatic carbocycles. The molecule has 2 heterocycles. The molecule has 1 unspecified atom stereocenters. The molecule has 1 aliphatic heterocycles. The number of nitrogens with one attached hydrogen (secondary N) is 1. The molecule has 0 radical (unpaired) electrons. The van der Waals surface area contributed by atoms with Crippen LogP contribution >= 0.6 is 11.8 Å². The van der Waals surface area contributed by atoms with Gasteiger partial charge in [0.25, 0.3) is 0 Å². The number of aliphatic imine (C=N–C) groups is 1. The standard InChI is InChI=1S/C11H17N3OS/c1-3-4-9-6-13-11(16-9)14-7-10-12-5-8(2)15-10/h5,9H,3-4,6-7H2,1-2H3,(H,13,14). The van der Waals surface area contributed by atoms with Gasteiger partial charge in [-0.1, -0.05) is 25.1 Å². The van der Waals surface area contributed by atoms with Crippen LogP contribution in [0.2, 0.25) is 0 Å². The highest BCUT2D eigenvalue weighted by atomic mass is 32.2. The Bertz CT molecular complexity index is 375. The summed E-state index contributed by atoms with van der Waals surface area (Å²) >= 11 is 1.83. The van der Waals surface area contributed by atoms with Crippen LogP contribution in [0.3, 0.4) is 0 Å². The summed E-state index contributed by atoms with van der Waals surface area (Å²) in [5, 5.41) is 4.93. The van der Waals surface area contributed by atoms with Crippen LogP contribution in [0.5, 0.6) is 0 Å². The SMILES string of the molecule is CCCC1CN=C(NCc2ncc(C)o2)S1. The van der Waals surface area contributed by atoms with Crippen molar-refractivity contribution in [1.29, 1.82) is 0 Å². The molecule has 2 rings (SSSR count). The van der Waals surface area contributed by atoms with Crippen molar-refractivity contribution < 1.29 is 4.42 Å². The molecule has 0 saturated heterocycles. The van der Waals surface area contributed by atoms with Crippen LogP contribution in [-0.4, -0.2) is 21.9 Å². The summed E-state index contributed by atoms with van der Waals surface area (Å²) in [4.78, 5) is 8.60. The van der Waals surface area contributed by atoms with Crippen molar-refractivity contribution in [3.63, 3.8) is 0 Å². The van der Waals surface area contributed by atoms with Gasteiger partial charge in [0.15, 0.2) is 5.17 Å². The lowest BCUT2D eigenvalue weighted by Crippen LogP contribution is -2.19. The van der Waals surface area contributed by atoms with Crippen LogP contribution in [-0.2, 0) is 6.54 Å². The highest BCUT2D eigenvalue weighted by Crippen LogP contribution is 2.23. The summed E-state index contributed by atoms with van der Waals surface area (Å²) < 4.78 is 5.38. The van der Waals surface area contributed by atoms with Crippen molar-refractivity contribution in [3.05, 3.63) is 17.8 Å². The molecule has 0 aromatic carbocycles. The molecule has 1 aromatic heterocycles. The monoisotopic (exact) mass is 239 g/mol. The summed E-state index contributed by atoms with van der Waals surface area (Å²) in [6.07, 6.45) is 4.19. The topological polar surface area (TPSA) is 50.4 Å². The van der Waals surface area contributed by atoms with Crippen molar-refractivity contribution in [2.45, 2.75) is 38.5 Å². The number of hydrogen-bond donors (Lipinski definition) is 1. The van der Waals surface area contributed by atoms with E-state index in [1.54, 1.807) is 6.20 Å². The Morgan fingerprint density at radius 2 is 2.50 bits per heavy atom. The maximum absolute atomic E-state index is 5.38. The summed E-state index contributed by atoms with van der Waals surface area (Å²) in [7, 11) is 0. The lowest BCUT2D eigenvalue weighted by atomic mass is 10.2. The Morgan fingerprint density at radius 3 is 3.19 bits per heavy atom. The quantitative estimate of drug-likeness (QED) is 0.876. The molecular weight excluding hydrogens is 222 g/mol. The van der Waals surface area contributed by atoms with E-state index in [4.69, 9.17) is 4.42 Å². The molecule has 88 valence electrons. The minimum Gasteiger partial charge on any atom is -0.444 e. The van der Waals surface area contributed by atoms with E-state index >= 15 is 0 Å². The molecule has 1 atom stereocenters. The van der Waals surface area contributed by atoms with Crippen LogP contribution < -0.4 is 5.32 Å². The zero-order valence-electron chi connectivity index (χ0n) is 9.69. The highest BCUT2D eigenvalue weighted by molar-refractivity contribution is 8.14. The lowest BCUT2D eigenvalue weighted by Gasteiger charge is -2.06. The number of amidine groups is 1. The molecule has 1 N–H and O–H groups in total. The minimum atomic E-state index is 0.624. The number of oxazole rings is 1. The summed E-state index contributed by atoms with van der Waals surface area (Å²) in [5.41, 5.74) is 0. The molecule has 0 bridgehead atoms. The van der Waals surface area contributed by atoms with Gasteiger partial charge in [-0.25, -0.2) is 4.98 Å². The van der Waals surface area contributed by atoms with Crippen LogP contribution in [0.4, 0.5) is 0 Å². The van der Waals surface area contributed by atoms with Gasteiger partial charge in [-0.05, 0) is 13.3 Å². The molecule has 0 saturated carbocycles. The number of rotatable bonds is 4. The maximum atomic E-state index is 5.38. The Kier molecular flexibility index (Phi) is 3.88. The first kappa shape index (κ1) is 11.5. The van der Waals surface area contributed by atoms with Gasteiger partial charge in [-0.15, -0.1) is 0 Å². The average Bonchev–Trinajstić information content (AvgIpc) is 2.85. The zero-order chi connectivity index (χ0) is 11.4. The molecule has 4 nitrogen and oxygen atoms in total. The smallest absolute Gasteiger partial charge is 0.213 e. The minimum absolute atomic E-state index is 0.624. The van der Waals surface area contributed by atoms with E-state index in [-0.39, 0.29) is 0 Å². The van der Waals surface area contributed by atoms with E-state index in [0.29, 0.717) is 11.8 Å². The lowest BCUT2D eigenvalue weighted by molar-refractivity contribution is 0.466. The van der Waals surface area contributed by atoms with Crippen LogP contribution in [0.15, 0.2) is 15.6 Å². The largest absolute Gasteiger partial charge is 0.444 e. The third-order valence-electron chi connectivity index (χ3n) is 2.39. The first-order chi connectivity index (χ1) is 7.78. The van der Waals surface area contributed by atoms with Crippen molar-refractivity contribution >= 4 is 16.9 Å². The van der Waals surface area contributed by atoms with E-state index < -0.39 is 0 Å². The van der Waals surface area contributed by atoms with E-state index in [9.17, 15) is 0 Å². The Hall–Kier alpha value is -0.970. The number of nitrogens with zero attached hydrogens (tertiary/aromatic N) is 2. The average molecular weight is 239 g/mol. The first-order valence-electron chi connectivity index (χ1n) is 5.64. The van der Waals surface area contributed by atoms with Gasteiger partial charge in [-0.2, -0.15) is 0 Å². The van der Waals surface area contributed by atoms with Crippen molar-refractivity contribution in [1.82, 2.24) is 10.3 Å². The molecule has 1 aliphatic rings. The van der Waals surface area contributed by atoms with Gasteiger partial charge in [0.1, 0.15) is 5.76 Å². The Morgan fingerprint density at radius 1 is 1.62 bits per heavy atom. The van der Waals surface area contributed by atoms with Gasteiger partial charge in [0.05, 0.1) is 19.3 Å². The molecule has 5 heteroatoms. The van der Waals surface area contributed by atoms with E-state index in [0.717, 1.165) is 23.4 Å². The second-order valence-electron chi connectivity index (χ2n) is 3.89. The molecular formula is C11H17N3OS. The van der Waals surface area contributed by atoms with Crippen LogP contribution in [0.25, 0.3) is 0 Å². The third-order valence-corrected chi connectivity index (χ3v) is 3.60. The van der Waals surface area contributed by atoms with Crippen LogP contribution in [0, 0.1) is 6.92 Å². The number of aromatic nitrogens is 1. The maximum Gasteiger partial charge on any atom is 0.213 e. The Balaban J connectivity index is 1.75. The molecule has 16 heavy (non-hydrogen) atoms. The van der Waals surface area contributed by atoms with E-state index in [1.807, 2.05) is 18.7 Å². The predicted octanol–water partition coefficient (Wildman–Crippen LogP) is 2.34. The fraction of sp³-hybridized carbons (Fsp3) is 0.636. The van der Waals surface area contributed by atoms with Gasteiger partial charge in [0.2, 0.25) is 5.89 Å².